The maximum absolute atomic E-state index is 13.7. The number of nitrogen functional groups attached to an aromatic ring is 1. The molecule has 0 spiro atoms. The van der Waals surface area contributed by atoms with Gasteiger partial charge in [0, 0.05) is 18.7 Å². The van der Waals surface area contributed by atoms with Gasteiger partial charge in [-0.25, -0.2) is 29.2 Å². The first kappa shape index (κ1) is 31.8. The first-order valence-corrected chi connectivity index (χ1v) is 13.9. The van der Waals surface area contributed by atoms with Crippen LogP contribution in [0.15, 0.2) is 24.8 Å². The molecule has 1 fully saturated rings. The van der Waals surface area contributed by atoms with Crippen molar-refractivity contribution >= 4 is 42.4 Å². The van der Waals surface area contributed by atoms with Crippen LogP contribution in [0.1, 0.15) is 33.6 Å². The second-order valence-corrected chi connectivity index (χ2v) is 11.1. The van der Waals surface area contributed by atoms with Crippen LogP contribution in [0, 0.1) is 5.92 Å². The molecule has 0 amide bonds. The topological polar surface area (TPSA) is 209 Å². The van der Waals surface area contributed by atoms with E-state index in [2.05, 4.69) is 15.0 Å². The van der Waals surface area contributed by atoms with Gasteiger partial charge in [-0.3, -0.25) is 9.36 Å². The van der Waals surface area contributed by atoms with Crippen LogP contribution in [0.5, 0.6) is 0 Å². The standard InChI is InChI=1S/C19H31N6O5P.C4H4O4/c1-5-13(2)16(19(26)28-4)25-7-6-8-30-31(25,27)12-29-14(3)9-24-11-23-15-17(20)21-10-22-18(15)24;5-3(6)1-2-4(7)8/h10-11,13-14,16H,5-9,12H2,1-4H3,(H2,20,21,22);1-2H,(H,5,6)(H,7,8)/b;2-1+/t13?,14-,16+,31?;/m1./s1. The number of methoxy groups -OCH3 is 1. The number of anilines is 1. The van der Waals surface area contributed by atoms with Crippen LogP contribution >= 0.6 is 7.52 Å². The number of imidazole rings is 1. The van der Waals surface area contributed by atoms with Crippen molar-refractivity contribution in [2.75, 3.05) is 32.3 Å². The number of carbonyl (C=O) groups is 3. The lowest BCUT2D eigenvalue weighted by molar-refractivity contribution is -0.147. The summed E-state index contributed by atoms with van der Waals surface area (Å²) in [5.74, 6) is -2.65. The molecule has 4 atom stereocenters. The number of fused-ring (bicyclic) bond motifs is 1. The van der Waals surface area contributed by atoms with Crippen molar-refractivity contribution in [1.82, 2.24) is 24.2 Å². The summed E-state index contributed by atoms with van der Waals surface area (Å²) in [7, 11) is -2.03. The highest BCUT2D eigenvalue weighted by atomic mass is 31.2. The number of nitrogens with two attached hydrogens (primary N) is 1. The number of hydrogen-bond donors (Lipinski definition) is 3. The van der Waals surface area contributed by atoms with Gasteiger partial charge in [-0.1, -0.05) is 20.3 Å². The lowest BCUT2D eigenvalue weighted by Crippen LogP contribution is -2.47. The van der Waals surface area contributed by atoms with E-state index in [0.717, 1.165) is 6.42 Å². The molecule has 2 aromatic rings. The summed E-state index contributed by atoms with van der Waals surface area (Å²) in [6, 6.07) is -0.641. The molecule has 1 aliphatic heterocycles. The third-order valence-electron chi connectivity index (χ3n) is 5.94. The van der Waals surface area contributed by atoms with E-state index in [1.807, 2.05) is 25.3 Å². The Morgan fingerprint density at radius 2 is 1.87 bits per heavy atom. The van der Waals surface area contributed by atoms with E-state index in [4.69, 9.17) is 29.9 Å². The minimum Gasteiger partial charge on any atom is -0.478 e. The average Bonchev–Trinajstić information content (AvgIpc) is 3.31. The SMILES string of the molecule is CCC(C)[C@@H](C(=O)OC)N1CCCOP1(=O)CO[C@H](C)Cn1cnc2c(N)ncnc21.O=C(O)/C=C/C(=O)O. The smallest absolute Gasteiger partial charge is 0.328 e. The number of rotatable bonds is 11. The predicted molar refractivity (Wildman–Crippen MR) is 140 cm³/mol. The Kier molecular flexibility index (Phi) is 12.0. The Hall–Kier alpha value is -3.39. The fourth-order valence-electron chi connectivity index (χ4n) is 3.82. The first-order chi connectivity index (χ1) is 18.4. The molecule has 3 rings (SSSR count). The van der Waals surface area contributed by atoms with E-state index in [9.17, 15) is 18.9 Å². The zero-order valence-corrected chi connectivity index (χ0v) is 23.2. The summed E-state index contributed by atoms with van der Waals surface area (Å²) in [6.45, 7) is 7.08. The molecule has 216 valence electrons. The molecule has 1 aliphatic rings. The average molecular weight is 571 g/mol. The number of carboxylic acid groups (broad SMARTS) is 2. The maximum Gasteiger partial charge on any atom is 0.328 e. The highest BCUT2D eigenvalue weighted by molar-refractivity contribution is 7.56. The van der Waals surface area contributed by atoms with Crippen molar-refractivity contribution in [1.29, 1.82) is 0 Å². The Bertz CT molecular complexity index is 1200. The summed E-state index contributed by atoms with van der Waals surface area (Å²) in [4.78, 5) is 44.0. The fraction of sp³-hybridized carbons (Fsp3) is 0.565. The molecule has 3 heterocycles. The summed E-state index contributed by atoms with van der Waals surface area (Å²) >= 11 is 0. The zero-order chi connectivity index (χ0) is 29.2. The van der Waals surface area contributed by atoms with Gasteiger partial charge in [0.25, 0.3) is 7.52 Å². The fourth-order valence-corrected chi connectivity index (χ4v) is 6.19. The number of carboxylic acids is 2. The number of aromatic nitrogens is 4. The molecule has 1 saturated heterocycles. The van der Waals surface area contributed by atoms with E-state index >= 15 is 0 Å². The molecule has 15 nitrogen and oxygen atoms in total. The van der Waals surface area contributed by atoms with Gasteiger partial charge in [-0.05, 0) is 19.3 Å². The summed E-state index contributed by atoms with van der Waals surface area (Å²) < 4.78 is 33.8. The molecule has 16 heteroatoms. The lowest BCUT2D eigenvalue weighted by Gasteiger charge is -2.41. The zero-order valence-electron chi connectivity index (χ0n) is 22.3. The molecule has 0 aromatic carbocycles. The van der Waals surface area contributed by atoms with Gasteiger partial charge in [-0.15, -0.1) is 0 Å². The minimum atomic E-state index is -3.37. The number of nitrogens with zero attached hydrogens (tertiary/aromatic N) is 5. The van der Waals surface area contributed by atoms with Crippen LogP contribution in [0.25, 0.3) is 11.2 Å². The molecular weight excluding hydrogens is 535 g/mol. The van der Waals surface area contributed by atoms with Crippen LogP contribution in [0.2, 0.25) is 0 Å². The van der Waals surface area contributed by atoms with E-state index in [1.165, 1.54) is 13.4 Å². The summed E-state index contributed by atoms with van der Waals surface area (Å²) in [5.41, 5.74) is 6.97. The number of esters is 1. The molecule has 0 bridgehead atoms. The van der Waals surface area contributed by atoms with Gasteiger partial charge in [0.05, 0.1) is 32.7 Å². The normalized spacial score (nSPS) is 20.1. The van der Waals surface area contributed by atoms with Crippen molar-refractivity contribution in [2.45, 2.75) is 52.3 Å². The van der Waals surface area contributed by atoms with Crippen LogP contribution in [-0.4, -0.2) is 91.1 Å². The monoisotopic (exact) mass is 570 g/mol. The minimum absolute atomic E-state index is 0.0395. The van der Waals surface area contributed by atoms with Crippen molar-refractivity contribution in [2.24, 2.45) is 5.92 Å². The first-order valence-electron chi connectivity index (χ1n) is 12.2. The molecule has 39 heavy (non-hydrogen) atoms. The van der Waals surface area contributed by atoms with Crippen LogP contribution in [0.3, 0.4) is 0 Å². The maximum atomic E-state index is 13.7. The molecule has 0 aliphatic carbocycles. The second kappa shape index (κ2) is 14.7. The number of aliphatic carboxylic acids is 2. The Labute approximate surface area is 225 Å². The second-order valence-electron chi connectivity index (χ2n) is 8.79. The van der Waals surface area contributed by atoms with E-state index in [1.54, 1.807) is 11.0 Å². The molecule has 2 aromatic heterocycles. The van der Waals surface area contributed by atoms with Crippen molar-refractivity contribution in [3.63, 3.8) is 0 Å². The Balaban J connectivity index is 0.000000580. The third kappa shape index (κ3) is 8.82. The van der Waals surface area contributed by atoms with E-state index in [0.29, 0.717) is 55.3 Å². The van der Waals surface area contributed by atoms with Gasteiger partial charge in [0.2, 0.25) is 0 Å². The molecule has 4 N–H and O–H groups in total. The molecule has 2 unspecified atom stereocenters. The van der Waals surface area contributed by atoms with Crippen LogP contribution in [0.4, 0.5) is 5.82 Å². The summed E-state index contributed by atoms with van der Waals surface area (Å²) in [6.07, 6.45) is 5.11. The number of hydrogen-bond acceptors (Lipinski definition) is 11. The van der Waals surface area contributed by atoms with Crippen molar-refractivity contribution in [3.05, 3.63) is 24.8 Å². The number of carbonyl (C=O) groups excluding carboxylic acids is 1. The van der Waals surface area contributed by atoms with Gasteiger partial charge >= 0.3 is 17.9 Å². The van der Waals surface area contributed by atoms with Crippen LogP contribution < -0.4 is 5.73 Å². The third-order valence-corrected chi connectivity index (χ3v) is 8.23. The van der Waals surface area contributed by atoms with Gasteiger partial charge in [-0.2, -0.15) is 0 Å². The highest BCUT2D eigenvalue weighted by Crippen LogP contribution is 2.55. The Morgan fingerprint density at radius 3 is 2.46 bits per heavy atom. The lowest BCUT2D eigenvalue weighted by atomic mass is 9.99. The number of ether oxygens (including phenoxy) is 2. The van der Waals surface area contributed by atoms with Crippen LogP contribution in [-0.2, 0) is 39.5 Å². The quantitative estimate of drug-likeness (QED) is 0.200. The molecule has 0 radical (unpaired) electrons. The largest absolute Gasteiger partial charge is 0.478 e. The van der Waals surface area contributed by atoms with Gasteiger partial charge in [0.1, 0.15) is 24.2 Å². The van der Waals surface area contributed by atoms with E-state index < -0.39 is 31.5 Å². The van der Waals surface area contributed by atoms with Crippen molar-refractivity contribution < 1.29 is 43.2 Å². The molecular formula is C23H35N6O9P. The highest BCUT2D eigenvalue weighted by Gasteiger charge is 2.45. The summed E-state index contributed by atoms with van der Waals surface area (Å²) in [5, 5.41) is 15.6. The van der Waals surface area contributed by atoms with Gasteiger partial charge < -0.3 is 34.5 Å². The molecule has 0 saturated carbocycles. The van der Waals surface area contributed by atoms with Crippen molar-refractivity contribution in [3.8, 4) is 0 Å². The Morgan fingerprint density at radius 1 is 1.21 bits per heavy atom. The van der Waals surface area contributed by atoms with Gasteiger partial charge in [0.15, 0.2) is 11.5 Å². The predicted octanol–water partition coefficient (Wildman–Crippen LogP) is 1.99. The van der Waals surface area contributed by atoms with E-state index in [-0.39, 0.29) is 18.4 Å².